The molecule has 1 fully saturated rings. The third-order valence-electron chi connectivity index (χ3n) is 2.72. The Morgan fingerprint density at radius 3 is 2.69 bits per heavy atom. The van der Waals surface area contributed by atoms with E-state index in [1.807, 2.05) is 0 Å². The summed E-state index contributed by atoms with van der Waals surface area (Å²) in [5.41, 5.74) is 0. The highest BCUT2D eigenvalue weighted by Gasteiger charge is 2.20. The van der Waals surface area contributed by atoms with Crippen LogP contribution in [0.25, 0.3) is 0 Å². The third-order valence-corrected chi connectivity index (χ3v) is 2.72. The molecule has 1 rings (SSSR count). The van der Waals surface area contributed by atoms with Crippen molar-refractivity contribution < 1.29 is 4.79 Å². The van der Waals surface area contributed by atoms with Gasteiger partial charge in [-0.25, -0.2) is 0 Å². The van der Waals surface area contributed by atoms with E-state index in [9.17, 15) is 4.79 Å². The molecule has 76 valence electrons. The van der Waals surface area contributed by atoms with Gasteiger partial charge in [0.05, 0.1) is 0 Å². The molecule has 1 saturated heterocycles. The van der Waals surface area contributed by atoms with Crippen LogP contribution < -0.4 is 0 Å². The number of hydrogen-bond acceptors (Lipinski definition) is 3. The number of rotatable bonds is 3. The van der Waals surface area contributed by atoms with E-state index in [-0.39, 0.29) is 0 Å². The molecule has 1 heterocycles. The SMILES string of the molecule is CC(=O)CCN1CCN(C)CC1C. The molecule has 1 atom stereocenters. The van der Waals surface area contributed by atoms with E-state index in [0.717, 1.165) is 26.2 Å². The number of carbonyl (C=O) groups excluding carboxylic acids is 1. The molecule has 0 aliphatic carbocycles. The van der Waals surface area contributed by atoms with Crippen LogP contribution in [-0.4, -0.2) is 54.9 Å². The van der Waals surface area contributed by atoms with E-state index in [2.05, 4.69) is 23.8 Å². The molecule has 13 heavy (non-hydrogen) atoms. The molecule has 3 heteroatoms. The van der Waals surface area contributed by atoms with Crippen molar-refractivity contribution in [3.8, 4) is 0 Å². The second-order valence-electron chi connectivity index (χ2n) is 4.10. The summed E-state index contributed by atoms with van der Waals surface area (Å²) in [6.07, 6.45) is 0.702. The summed E-state index contributed by atoms with van der Waals surface area (Å²) < 4.78 is 0. The molecule has 0 saturated carbocycles. The largest absolute Gasteiger partial charge is 0.304 e. The summed E-state index contributed by atoms with van der Waals surface area (Å²) in [4.78, 5) is 15.6. The molecule has 1 unspecified atom stereocenters. The molecule has 0 radical (unpaired) electrons. The molecule has 1 aliphatic rings. The molecule has 0 N–H and O–H groups in total. The molecule has 0 spiro atoms. The van der Waals surface area contributed by atoms with Crippen molar-refractivity contribution >= 4 is 5.78 Å². The molecule has 0 aromatic rings. The molecule has 1 aliphatic heterocycles. The Kier molecular flexibility index (Phi) is 3.88. The number of hydrogen-bond donors (Lipinski definition) is 0. The lowest BCUT2D eigenvalue weighted by atomic mass is 10.2. The lowest BCUT2D eigenvalue weighted by Crippen LogP contribution is -2.50. The van der Waals surface area contributed by atoms with Gasteiger partial charge in [-0.15, -0.1) is 0 Å². The van der Waals surface area contributed by atoms with Crippen molar-refractivity contribution in [2.75, 3.05) is 33.2 Å². The van der Waals surface area contributed by atoms with Crippen molar-refractivity contribution in [3.63, 3.8) is 0 Å². The molecule has 3 nitrogen and oxygen atoms in total. The highest BCUT2D eigenvalue weighted by molar-refractivity contribution is 5.75. The van der Waals surface area contributed by atoms with Gasteiger partial charge in [-0.2, -0.15) is 0 Å². The predicted octanol–water partition coefficient (Wildman–Crippen LogP) is 0.601. The number of Topliss-reactive ketones (excluding diaryl/α,β-unsaturated/α-hetero) is 1. The van der Waals surface area contributed by atoms with Crippen LogP contribution in [-0.2, 0) is 4.79 Å². The van der Waals surface area contributed by atoms with Crippen molar-refractivity contribution in [1.29, 1.82) is 0 Å². The average molecular weight is 184 g/mol. The smallest absolute Gasteiger partial charge is 0.131 e. The number of ketones is 1. The summed E-state index contributed by atoms with van der Waals surface area (Å²) in [6.45, 7) is 8.19. The minimum Gasteiger partial charge on any atom is -0.304 e. The monoisotopic (exact) mass is 184 g/mol. The predicted molar refractivity (Wildman–Crippen MR) is 53.8 cm³/mol. The maximum Gasteiger partial charge on any atom is 0.131 e. The lowest BCUT2D eigenvalue weighted by molar-refractivity contribution is -0.117. The van der Waals surface area contributed by atoms with Gasteiger partial charge < -0.3 is 4.90 Å². The van der Waals surface area contributed by atoms with Gasteiger partial charge in [0.1, 0.15) is 5.78 Å². The average Bonchev–Trinajstić information content (AvgIpc) is 2.02. The molecule has 0 bridgehead atoms. The Hall–Kier alpha value is -0.410. The van der Waals surface area contributed by atoms with E-state index in [4.69, 9.17) is 0 Å². The second kappa shape index (κ2) is 4.72. The quantitative estimate of drug-likeness (QED) is 0.642. The molecular weight excluding hydrogens is 164 g/mol. The van der Waals surface area contributed by atoms with Gasteiger partial charge in [0.25, 0.3) is 0 Å². The number of nitrogens with zero attached hydrogens (tertiary/aromatic N) is 2. The van der Waals surface area contributed by atoms with Gasteiger partial charge in [0.2, 0.25) is 0 Å². The minimum atomic E-state index is 0.297. The third kappa shape index (κ3) is 3.44. The molecule has 0 aromatic carbocycles. The van der Waals surface area contributed by atoms with E-state index in [1.165, 1.54) is 0 Å². The first-order valence-corrected chi connectivity index (χ1v) is 5.01. The Bertz CT molecular complexity index is 182. The van der Waals surface area contributed by atoms with Crippen molar-refractivity contribution in [3.05, 3.63) is 0 Å². The van der Waals surface area contributed by atoms with Gasteiger partial charge >= 0.3 is 0 Å². The summed E-state index contributed by atoms with van der Waals surface area (Å²) in [5.74, 6) is 0.297. The van der Waals surface area contributed by atoms with Gasteiger partial charge in [0, 0.05) is 38.6 Å². The highest BCUT2D eigenvalue weighted by atomic mass is 16.1. The maximum absolute atomic E-state index is 10.8. The first kappa shape index (κ1) is 10.7. The Labute approximate surface area is 80.7 Å². The van der Waals surface area contributed by atoms with Crippen LogP contribution in [0.15, 0.2) is 0 Å². The van der Waals surface area contributed by atoms with Gasteiger partial charge in [-0.3, -0.25) is 9.69 Å². The first-order valence-electron chi connectivity index (χ1n) is 5.01. The van der Waals surface area contributed by atoms with E-state index >= 15 is 0 Å². The summed E-state index contributed by atoms with van der Waals surface area (Å²) in [5, 5.41) is 0. The van der Waals surface area contributed by atoms with Gasteiger partial charge in [0.15, 0.2) is 0 Å². The summed E-state index contributed by atoms with van der Waals surface area (Å²) in [6, 6.07) is 0.595. The Morgan fingerprint density at radius 1 is 1.46 bits per heavy atom. The standard InChI is InChI=1S/C10H20N2O/c1-9-8-11(3)6-7-12(9)5-4-10(2)13/h9H,4-8H2,1-3H3. The fourth-order valence-corrected chi connectivity index (χ4v) is 1.81. The molecule has 0 aromatic heterocycles. The van der Waals surface area contributed by atoms with Crippen LogP contribution in [0.5, 0.6) is 0 Å². The van der Waals surface area contributed by atoms with E-state index in [0.29, 0.717) is 18.2 Å². The fourth-order valence-electron chi connectivity index (χ4n) is 1.81. The number of likely N-dealkylation sites (N-methyl/N-ethyl adjacent to an activating group) is 1. The number of piperazine rings is 1. The zero-order chi connectivity index (χ0) is 9.84. The summed E-state index contributed by atoms with van der Waals surface area (Å²) >= 11 is 0. The van der Waals surface area contributed by atoms with Crippen molar-refractivity contribution in [1.82, 2.24) is 9.80 Å². The first-order chi connectivity index (χ1) is 6.09. The van der Waals surface area contributed by atoms with E-state index < -0.39 is 0 Å². The van der Waals surface area contributed by atoms with Gasteiger partial charge in [-0.05, 0) is 20.9 Å². The van der Waals surface area contributed by atoms with Gasteiger partial charge in [-0.1, -0.05) is 0 Å². The van der Waals surface area contributed by atoms with Crippen LogP contribution in [0, 0.1) is 0 Å². The topological polar surface area (TPSA) is 23.6 Å². The highest BCUT2D eigenvalue weighted by Crippen LogP contribution is 2.07. The zero-order valence-electron chi connectivity index (χ0n) is 8.92. The Morgan fingerprint density at radius 2 is 2.15 bits per heavy atom. The van der Waals surface area contributed by atoms with Crippen LogP contribution in [0.2, 0.25) is 0 Å². The van der Waals surface area contributed by atoms with Crippen LogP contribution in [0.1, 0.15) is 20.3 Å². The molecule has 0 amide bonds. The summed E-state index contributed by atoms with van der Waals surface area (Å²) in [7, 11) is 2.15. The second-order valence-corrected chi connectivity index (χ2v) is 4.10. The van der Waals surface area contributed by atoms with E-state index in [1.54, 1.807) is 6.92 Å². The van der Waals surface area contributed by atoms with Crippen LogP contribution in [0.4, 0.5) is 0 Å². The maximum atomic E-state index is 10.8. The molecular formula is C10H20N2O. The van der Waals surface area contributed by atoms with Crippen molar-refractivity contribution in [2.24, 2.45) is 0 Å². The normalized spacial score (nSPS) is 26.2. The fraction of sp³-hybridized carbons (Fsp3) is 0.900. The lowest BCUT2D eigenvalue weighted by Gasteiger charge is -2.38. The zero-order valence-corrected chi connectivity index (χ0v) is 8.92. The van der Waals surface area contributed by atoms with Crippen LogP contribution in [0.3, 0.4) is 0 Å². The Balaban J connectivity index is 2.29. The van der Waals surface area contributed by atoms with Crippen LogP contribution >= 0.6 is 0 Å². The van der Waals surface area contributed by atoms with Crippen molar-refractivity contribution in [2.45, 2.75) is 26.3 Å². The minimum absolute atomic E-state index is 0.297. The number of carbonyl (C=O) groups is 1.